The van der Waals surface area contributed by atoms with Crippen LogP contribution in [0.2, 0.25) is 0 Å². The van der Waals surface area contributed by atoms with Gasteiger partial charge in [0.15, 0.2) is 0 Å². The first-order chi connectivity index (χ1) is 5.77. The Kier molecular flexibility index (Phi) is 4.35. The molecule has 1 aliphatic heterocycles. The van der Waals surface area contributed by atoms with Crippen molar-refractivity contribution in [3.05, 3.63) is 0 Å². The summed E-state index contributed by atoms with van der Waals surface area (Å²) < 4.78 is 14.8. The molecule has 3 atom stereocenters. The van der Waals surface area contributed by atoms with Crippen LogP contribution in [0, 0.1) is 0 Å². The van der Waals surface area contributed by atoms with E-state index >= 15 is 0 Å². The summed E-state index contributed by atoms with van der Waals surface area (Å²) in [5, 5.41) is 8.80. The van der Waals surface area contributed by atoms with Crippen LogP contribution in [-0.2, 0) is 13.8 Å². The molecule has 0 amide bonds. The van der Waals surface area contributed by atoms with E-state index in [-0.39, 0.29) is 18.8 Å². The van der Waals surface area contributed by atoms with E-state index in [9.17, 15) is 0 Å². The first-order valence-corrected chi connectivity index (χ1v) is 4.83. The van der Waals surface area contributed by atoms with Crippen LogP contribution in [0.1, 0.15) is 6.42 Å². The number of aliphatic hydroxyl groups excluding tert-OH is 1. The predicted molar refractivity (Wildman–Crippen MR) is 42.5 cm³/mol. The molecular weight excluding hydrogens is 183 g/mol. The van der Waals surface area contributed by atoms with Crippen molar-refractivity contribution < 1.29 is 23.8 Å². The molecule has 1 saturated heterocycles. The Bertz CT molecular complexity index is 133. The van der Waals surface area contributed by atoms with Crippen molar-refractivity contribution in [3.8, 4) is 0 Å². The average Bonchev–Trinajstić information content (AvgIpc) is 2.51. The van der Waals surface area contributed by atoms with Crippen LogP contribution in [0.5, 0.6) is 0 Å². The normalized spacial score (nSPS) is 32.2. The summed E-state index contributed by atoms with van der Waals surface area (Å²) in [5.74, 6) is 0. The highest BCUT2D eigenvalue weighted by Gasteiger charge is 2.30. The molecule has 0 spiro atoms. The molecule has 12 heavy (non-hydrogen) atoms. The maximum absolute atomic E-state index is 9.01. The van der Waals surface area contributed by atoms with Crippen LogP contribution >= 0.6 is 8.60 Å². The van der Waals surface area contributed by atoms with Gasteiger partial charge in [-0.3, -0.25) is 0 Å². The Balaban J connectivity index is 2.30. The molecular formula is C6H13O5P. The smallest absolute Gasteiger partial charge is 0.329 e. The summed E-state index contributed by atoms with van der Waals surface area (Å²) in [4.78, 5) is 9.01. The van der Waals surface area contributed by atoms with E-state index in [1.165, 1.54) is 7.11 Å². The summed E-state index contributed by atoms with van der Waals surface area (Å²) in [6.07, 6.45) is 0.122. The summed E-state index contributed by atoms with van der Waals surface area (Å²) in [7, 11) is -0.442. The number of aliphatic hydroxyl groups is 1. The first-order valence-electron chi connectivity index (χ1n) is 3.70. The van der Waals surface area contributed by atoms with E-state index in [2.05, 4.69) is 4.52 Å². The van der Waals surface area contributed by atoms with Crippen molar-refractivity contribution in [2.24, 2.45) is 0 Å². The van der Waals surface area contributed by atoms with Gasteiger partial charge < -0.3 is 23.8 Å². The van der Waals surface area contributed by atoms with E-state index in [1.54, 1.807) is 0 Å². The van der Waals surface area contributed by atoms with Gasteiger partial charge in [0, 0.05) is 20.1 Å². The minimum absolute atomic E-state index is 0.0858. The van der Waals surface area contributed by atoms with Crippen molar-refractivity contribution >= 4 is 8.60 Å². The van der Waals surface area contributed by atoms with Gasteiger partial charge in [0.2, 0.25) is 0 Å². The van der Waals surface area contributed by atoms with E-state index in [0.717, 1.165) is 0 Å². The van der Waals surface area contributed by atoms with Crippen molar-refractivity contribution in [1.82, 2.24) is 0 Å². The summed E-state index contributed by atoms with van der Waals surface area (Å²) in [6.45, 7) is 0.473. The molecule has 72 valence electrons. The number of ether oxygens (including phenoxy) is 1. The van der Waals surface area contributed by atoms with Gasteiger partial charge in [-0.15, -0.1) is 0 Å². The van der Waals surface area contributed by atoms with E-state index in [0.29, 0.717) is 13.0 Å². The minimum atomic E-state index is -1.81. The van der Waals surface area contributed by atoms with Gasteiger partial charge in [-0.05, 0) is 0 Å². The van der Waals surface area contributed by atoms with E-state index in [1.807, 2.05) is 0 Å². The lowest BCUT2D eigenvalue weighted by atomic mass is 10.2. The molecule has 0 aromatic carbocycles. The molecule has 1 heterocycles. The highest BCUT2D eigenvalue weighted by molar-refractivity contribution is 7.40. The van der Waals surface area contributed by atoms with E-state index < -0.39 is 8.60 Å². The van der Waals surface area contributed by atoms with Crippen LogP contribution in [0.15, 0.2) is 0 Å². The molecule has 1 aliphatic rings. The lowest BCUT2D eigenvalue weighted by molar-refractivity contribution is 0.00815. The maximum atomic E-state index is 9.01. The van der Waals surface area contributed by atoms with Gasteiger partial charge in [0.1, 0.15) is 6.10 Å². The van der Waals surface area contributed by atoms with Gasteiger partial charge in [-0.2, -0.15) is 0 Å². The minimum Gasteiger partial charge on any atom is -0.394 e. The van der Waals surface area contributed by atoms with E-state index in [4.69, 9.17) is 19.3 Å². The van der Waals surface area contributed by atoms with Crippen LogP contribution < -0.4 is 0 Å². The van der Waals surface area contributed by atoms with Crippen LogP contribution in [0.3, 0.4) is 0 Å². The summed E-state index contributed by atoms with van der Waals surface area (Å²) >= 11 is 0. The average molecular weight is 196 g/mol. The van der Waals surface area contributed by atoms with Crippen molar-refractivity contribution in [1.29, 1.82) is 0 Å². The topological polar surface area (TPSA) is 68.2 Å². The Morgan fingerprint density at radius 2 is 2.42 bits per heavy atom. The SMILES string of the molecule is COP(O)OC1CCOC1CO. The lowest BCUT2D eigenvalue weighted by Crippen LogP contribution is -2.26. The number of hydrogen-bond donors (Lipinski definition) is 2. The summed E-state index contributed by atoms with van der Waals surface area (Å²) in [5.41, 5.74) is 0. The third-order valence-electron chi connectivity index (χ3n) is 1.71. The van der Waals surface area contributed by atoms with Crippen molar-refractivity contribution in [3.63, 3.8) is 0 Å². The highest BCUT2D eigenvalue weighted by Crippen LogP contribution is 2.36. The maximum Gasteiger partial charge on any atom is 0.329 e. The Morgan fingerprint density at radius 3 is 3.00 bits per heavy atom. The zero-order valence-electron chi connectivity index (χ0n) is 6.84. The molecule has 5 nitrogen and oxygen atoms in total. The van der Waals surface area contributed by atoms with Gasteiger partial charge >= 0.3 is 8.60 Å². The second kappa shape index (κ2) is 5.07. The zero-order valence-corrected chi connectivity index (χ0v) is 7.74. The molecule has 6 heteroatoms. The largest absolute Gasteiger partial charge is 0.394 e. The lowest BCUT2D eigenvalue weighted by Gasteiger charge is -2.17. The number of hydrogen-bond acceptors (Lipinski definition) is 5. The highest BCUT2D eigenvalue weighted by atomic mass is 31.2. The fourth-order valence-corrected chi connectivity index (χ4v) is 1.64. The summed E-state index contributed by atoms with van der Waals surface area (Å²) in [6, 6.07) is 0. The second-order valence-electron chi connectivity index (χ2n) is 2.44. The molecule has 0 bridgehead atoms. The predicted octanol–water partition coefficient (Wildman–Crippen LogP) is 0.0184. The quantitative estimate of drug-likeness (QED) is 0.620. The first kappa shape index (κ1) is 10.3. The Hall–Kier alpha value is 0.230. The molecule has 0 aromatic rings. The van der Waals surface area contributed by atoms with Gasteiger partial charge in [0.05, 0.1) is 12.7 Å². The second-order valence-corrected chi connectivity index (χ2v) is 3.50. The van der Waals surface area contributed by atoms with Crippen LogP contribution in [-0.4, -0.2) is 42.5 Å². The molecule has 3 unspecified atom stereocenters. The third-order valence-corrected chi connectivity index (χ3v) is 2.47. The van der Waals surface area contributed by atoms with Gasteiger partial charge in [-0.25, -0.2) is 0 Å². The fourth-order valence-electron chi connectivity index (χ4n) is 1.08. The van der Waals surface area contributed by atoms with Gasteiger partial charge in [0.25, 0.3) is 0 Å². The molecule has 0 aromatic heterocycles. The molecule has 1 fully saturated rings. The molecule has 2 N–H and O–H groups in total. The standard InChI is InChI=1S/C6H13O5P/c1-9-12(8)11-5-2-3-10-6(5)4-7/h5-8H,2-4H2,1H3. The molecule has 0 radical (unpaired) electrons. The third kappa shape index (κ3) is 2.62. The molecule has 0 aliphatic carbocycles. The van der Waals surface area contributed by atoms with Crippen LogP contribution in [0.25, 0.3) is 0 Å². The molecule has 1 rings (SSSR count). The zero-order chi connectivity index (χ0) is 8.97. The number of rotatable bonds is 4. The fraction of sp³-hybridized carbons (Fsp3) is 1.00. The van der Waals surface area contributed by atoms with Gasteiger partial charge in [-0.1, -0.05) is 0 Å². The van der Waals surface area contributed by atoms with Crippen molar-refractivity contribution in [2.75, 3.05) is 20.3 Å². The Labute approximate surface area is 72.2 Å². The Morgan fingerprint density at radius 1 is 1.67 bits per heavy atom. The monoisotopic (exact) mass is 196 g/mol. The van der Waals surface area contributed by atoms with Crippen LogP contribution in [0.4, 0.5) is 0 Å². The van der Waals surface area contributed by atoms with Crippen molar-refractivity contribution in [2.45, 2.75) is 18.6 Å². The molecule has 0 saturated carbocycles.